The standard InChI is InChI=1S/C9H13NO3/c1-6(5-13-10)7-2-3-8(11)9(12)4-7/h2-4,6,11-12H,5,10H2,1H3. The van der Waals surface area contributed by atoms with E-state index in [9.17, 15) is 5.11 Å². The van der Waals surface area contributed by atoms with Gasteiger partial charge in [-0.05, 0) is 17.7 Å². The first-order chi connectivity index (χ1) is 6.15. The van der Waals surface area contributed by atoms with Crippen LogP contribution in [-0.2, 0) is 4.84 Å². The van der Waals surface area contributed by atoms with Crippen molar-refractivity contribution in [3.63, 3.8) is 0 Å². The van der Waals surface area contributed by atoms with Crippen LogP contribution in [-0.4, -0.2) is 16.8 Å². The second kappa shape index (κ2) is 4.11. The summed E-state index contributed by atoms with van der Waals surface area (Å²) in [5.41, 5.74) is 0.876. The van der Waals surface area contributed by atoms with E-state index in [1.54, 1.807) is 6.07 Å². The summed E-state index contributed by atoms with van der Waals surface area (Å²) in [5, 5.41) is 18.2. The maximum atomic E-state index is 9.20. The van der Waals surface area contributed by atoms with Crippen LogP contribution in [0.4, 0.5) is 0 Å². The van der Waals surface area contributed by atoms with Crippen molar-refractivity contribution in [3.05, 3.63) is 23.8 Å². The minimum absolute atomic E-state index is 0.0940. The number of aromatic hydroxyl groups is 2. The van der Waals surface area contributed by atoms with Crippen LogP contribution in [0.1, 0.15) is 18.4 Å². The van der Waals surface area contributed by atoms with E-state index in [-0.39, 0.29) is 17.4 Å². The number of hydrogen-bond donors (Lipinski definition) is 3. The van der Waals surface area contributed by atoms with E-state index in [0.29, 0.717) is 6.61 Å². The van der Waals surface area contributed by atoms with E-state index in [4.69, 9.17) is 11.0 Å². The highest BCUT2D eigenvalue weighted by atomic mass is 16.6. The van der Waals surface area contributed by atoms with Crippen molar-refractivity contribution in [1.82, 2.24) is 0 Å². The highest BCUT2D eigenvalue weighted by molar-refractivity contribution is 5.41. The molecule has 0 aliphatic rings. The molecule has 0 fully saturated rings. The van der Waals surface area contributed by atoms with Gasteiger partial charge in [-0.1, -0.05) is 13.0 Å². The largest absolute Gasteiger partial charge is 0.504 e. The fraction of sp³-hybridized carbons (Fsp3) is 0.333. The molecule has 13 heavy (non-hydrogen) atoms. The molecule has 1 aromatic carbocycles. The molecule has 4 heteroatoms. The van der Waals surface area contributed by atoms with Crippen LogP contribution in [0, 0.1) is 0 Å². The van der Waals surface area contributed by atoms with Gasteiger partial charge in [0.05, 0.1) is 6.61 Å². The van der Waals surface area contributed by atoms with Gasteiger partial charge < -0.3 is 15.1 Å². The molecule has 0 bridgehead atoms. The summed E-state index contributed by atoms with van der Waals surface area (Å²) in [7, 11) is 0. The summed E-state index contributed by atoms with van der Waals surface area (Å²) in [6.45, 7) is 2.29. The highest BCUT2D eigenvalue weighted by Gasteiger charge is 2.07. The van der Waals surface area contributed by atoms with E-state index in [0.717, 1.165) is 5.56 Å². The van der Waals surface area contributed by atoms with Crippen molar-refractivity contribution in [1.29, 1.82) is 0 Å². The van der Waals surface area contributed by atoms with Gasteiger partial charge in [-0.15, -0.1) is 0 Å². The molecular formula is C9H13NO3. The van der Waals surface area contributed by atoms with Crippen LogP contribution in [0.25, 0.3) is 0 Å². The maximum absolute atomic E-state index is 9.20. The topological polar surface area (TPSA) is 75.7 Å². The molecule has 1 rings (SSSR count). The summed E-state index contributed by atoms with van der Waals surface area (Å²) >= 11 is 0. The molecule has 72 valence electrons. The lowest BCUT2D eigenvalue weighted by atomic mass is 10.0. The third-order valence-electron chi connectivity index (χ3n) is 1.91. The van der Waals surface area contributed by atoms with E-state index < -0.39 is 0 Å². The molecule has 0 spiro atoms. The lowest BCUT2D eigenvalue weighted by Crippen LogP contribution is -2.08. The van der Waals surface area contributed by atoms with E-state index in [1.165, 1.54) is 12.1 Å². The van der Waals surface area contributed by atoms with Gasteiger partial charge >= 0.3 is 0 Å². The summed E-state index contributed by atoms with van der Waals surface area (Å²) in [4.78, 5) is 4.48. The molecule has 1 atom stereocenters. The Balaban J connectivity index is 2.84. The van der Waals surface area contributed by atoms with Crippen LogP contribution in [0.15, 0.2) is 18.2 Å². The van der Waals surface area contributed by atoms with Gasteiger partial charge in [0.25, 0.3) is 0 Å². The minimum atomic E-state index is -0.124. The zero-order valence-electron chi connectivity index (χ0n) is 7.40. The average Bonchev–Trinajstić information content (AvgIpc) is 2.10. The summed E-state index contributed by atoms with van der Waals surface area (Å²) in [6.07, 6.45) is 0. The average molecular weight is 183 g/mol. The Morgan fingerprint density at radius 2 is 2.08 bits per heavy atom. The van der Waals surface area contributed by atoms with Gasteiger partial charge in [-0.2, -0.15) is 0 Å². The molecule has 0 amide bonds. The quantitative estimate of drug-likeness (QED) is 0.484. The Bertz CT molecular complexity index is 288. The highest BCUT2D eigenvalue weighted by Crippen LogP contribution is 2.28. The molecular weight excluding hydrogens is 170 g/mol. The molecule has 0 saturated heterocycles. The summed E-state index contributed by atoms with van der Waals surface area (Å²) < 4.78 is 0. The lowest BCUT2D eigenvalue weighted by molar-refractivity contribution is 0.126. The van der Waals surface area contributed by atoms with Gasteiger partial charge in [0.2, 0.25) is 0 Å². The minimum Gasteiger partial charge on any atom is -0.504 e. The van der Waals surface area contributed by atoms with Gasteiger partial charge in [-0.25, -0.2) is 5.90 Å². The monoisotopic (exact) mass is 183 g/mol. The smallest absolute Gasteiger partial charge is 0.157 e. The third-order valence-corrected chi connectivity index (χ3v) is 1.91. The first kappa shape index (κ1) is 9.83. The SMILES string of the molecule is CC(CON)c1ccc(O)c(O)c1. The number of nitrogens with two attached hydrogens (primary N) is 1. The van der Waals surface area contributed by atoms with Crippen molar-refractivity contribution < 1.29 is 15.1 Å². The van der Waals surface area contributed by atoms with Crippen molar-refractivity contribution in [2.45, 2.75) is 12.8 Å². The van der Waals surface area contributed by atoms with Crippen LogP contribution >= 0.6 is 0 Å². The van der Waals surface area contributed by atoms with Gasteiger partial charge in [-0.3, -0.25) is 0 Å². The van der Waals surface area contributed by atoms with Crippen molar-refractivity contribution in [2.24, 2.45) is 5.90 Å². The first-order valence-corrected chi connectivity index (χ1v) is 3.98. The molecule has 0 saturated carbocycles. The Kier molecular flexibility index (Phi) is 3.11. The Morgan fingerprint density at radius 3 is 2.62 bits per heavy atom. The fourth-order valence-electron chi connectivity index (χ4n) is 1.09. The van der Waals surface area contributed by atoms with Crippen molar-refractivity contribution in [3.8, 4) is 11.5 Å². The van der Waals surface area contributed by atoms with E-state index >= 15 is 0 Å². The van der Waals surface area contributed by atoms with Crippen LogP contribution in [0.3, 0.4) is 0 Å². The Hall–Kier alpha value is -1.26. The normalized spacial score (nSPS) is 12.8. The van der Waals surface area contributed by atoms with Gasteiger partial charge in [0, 0.05) is 5.92 Å². The summed E-state index contributed by atoms with van der Waals surface area (Å²) in [5.74, 6) is 4.77. The number of phenolic OH excluding ortho intramolecular Hbond substituents is 2. The molecule has 0 aromatic heterocycles. The van der Waals surface area contributed by atoms with Crippen LogP contribution in [0.2, 0.25) is 0 Å². The fourth-order valence-corrected chi connectivity index (χ4v) is 1.09. The second-order valence-electron chi connectivity index (χ2n) is 2.98. The second-order valence-corrected chi connectivity index (χ2v) is 2.98. The van der Waals surface area contributed by atoms with Crippen molar-refractivity contribution >= 4 is 0 Å². The Labute approximate surface area is 76.5 Å². The summed E-state index contributed by atoms with van der Waals surface area (Å²) in [6, 6.07) is 4.66. The predicted molar refractivity (Wildman–Crippen MR) is 48.3 cm³/mol. The maximum Gasteiger partial charge on any atom is 0.157 e. The number of rotatable bonds is 3. The van der Waals surface area contributed by atoms with Crippen LogP contribution in [0.5, 0.6) is 11.5 Å². The Morgan fingerprint density at radius 1 is 1.38 bits per heavy atom. The molecule has 0 aliphatic carbocycles. The van der Waals surface area contributed by atoms with Crippen LogP contribution < -0.4 is 5.90 Å². The number of phenols is 2. The zero-order chi connectivity index (χ0) is 9.84. The van der Waals surface area contributed by atoms with E-state index in [2.05, 4.69) is 4.84 Å². The lowest BCUT2D eigenvalue weighted by Gasteiger charge is -2.10. The van der Waals surface area contributed by atoms with E-state index in [1.807, 2.05) is 6.92 Å². The molecule has 0 aliphatic heterocycles. The van der Waals surface area contributed by atoms with Gasteiger partial charge in [0.15, 0.2) is 11.5 Å². The number of benzene rings is 1. The molecule has 0 heterocycles. The molecule has 4 nitrogen and oxygen atoms in total. The number of hydrogen-bond acceptors (Lipinski definition) is 4. The first-order valence-electron chi connectivity index (χ1n) is 3.98. The zero-order valence-corrected chi connectivity index (χ0v) is 7.40. The van der Waals surface area contributed by atoms with Crippen molar-refractivity contribution in [2.75, 3.05) is 6.61 Å². The third kappa shape index (κ3) is 2.34. The molecule has 1 aromatic rings. The predicted octanol–water partition coefficient (Wildman–Crippen LogP) is 1.09. The molecule has 1 unspecified atom stereocenters. The molecule has 0 radical (unpaired) electrons. The molecule has 4 N–H and O–H groups in total. The van der Waals surface area contributed by atoms with Gasteiger partial charge in [0.1, 0.15) is 0 Å².